The van der Waals surface area contributed by atoms with Gasteiger partial charge in [-0.3, -0.25) is 0 Å². The number of nitrogens with zero attached hydrogens (tertiary/aromatic N) is 2. The Kier molecular flexibility index (Phi) is 3.23. The lowest BCUT2D eigenvalue weighted by Gasteiger charge is -1.96. The molecule has 0 aliphatic heterocycles. The van der Waals surface area contributed by atoms with Crippen molar-refractivity contribution in [1.29, 1.82) is 0 Å². The Morgan fingerprint density at radius 1 is 1.62 bits per heavy atom. The summed E-state index contributed by atoms with van der Waals surface area (Å²) in [5, 5.41) is 8.50. The molecule has 0 spiro atoms. The normalized spacial score (nSPS) is 9.08. The average Bonchev–Trinajstić information content (AvgIpc) is 2.09. The van der Waals surface area contributed by atoms with Gasteiger partial charge in [0.25, 0.3) is 0 Å². The van der Waals surface area contributed by atoms with Crippen molar-refractivity contribution < 1.29 is 5.11 Å². The quantitative estimate of drug-likeness (QED) is 0.597. The van der Waals surface area contributed by atoms with Gasteiger partial charge in [0.05, 0.1) is 17.9 Å². The number of rotatable bonds is 1. The summed E-state index contributed by atoms with van der Waals surface area (Å²) < 4.78 is 0. The van der Waals surface area contributed by atoms with E-state index in [0.717, 1.165) is 11.3 Å². The molecule has 4 heteroatoms. The molecule has 0 fully saturated rings. The monoisotopic (exact) mass is 177 g/mol. The summed E-state index contributed by atoms with van der Waals surface area (Å²) in [4.78, 5) is 7.77. The lowest BCUT2D eigenvalue weighted by molar-refractivity contribution is 0.305. The number of anilines is 1. The predicted octanol–water partition coefficient (Wildman–Crippen LogP) is 0.101. The first-order valence-corrected chi connectivity index (χ1v) is 3.93. The summed E-state index contributed by atoms with van der Waals surface area (Å²) in [5.41, 5.74) is 6.89. The van der Waals surface area contributed by atoms with E-state index in [0.29, 0.717) is 6.42 Å². The zero-order chi connectivity index (χ0) is 9.68. The molecule has 0 atom stereocenters. The van der Waals surface area contributed by atoms with Gasteiger partial charge in [-0.15, -0.1) is 0 Å². The number of aryl methyl sites for hydroxylation is 1. The van der Waals surface area contributed by atoms with Gasteiger partial charge in [0.1, 0.15) is 0 Å². The van der Waals surface area contributed by atoms with E-state index in [2.05, 4.69) is 21.8 Å². The number of hydrogen-bond acceptors (Lipinski definition) is 4. The molecule has 4 nitrogen and oxygen atoms in total. The molecule has 0 aliphatic carbocycles. The van der Waals surface area contributed by atoms with E-state index >= 15 is 0 Å². The fourth-order valence-electron chi connectivity index (χ4n) is 0.821. The maximum atomic E-state index is 8.50. The molecular weight excluding hydrogens is 166 g/mol. The van der Waals surface area contributed by atoms with Gasteiger partial charge in [0.15, 0.2) is 0 Å². The molecule has 1 rings (SSSR count). The fraction of sp³-hybridized carbons (Fsp3) is 0.333. The van der Waals surface area contributed by atoms with Crippen molar-refractivity contribution in [3.8, 4) is 11.8 Å². The third-order valence-corrected chi connectivity index (χ3v) is 1.46. The standard InChI is InChI=1S/C9H11N3O/c1-7-8(4-2-3-5-13)6-11-9(10)12-7/h6,13H,3,5H2,1H3,(H2,10,11,12). The molecule has 0 saturated carbocycles. The van der Waals surface area contributed by atoms with Crippen LogP contribution in [0, 0.1) is 18.8 Å². The van der Waals surface area contributed by atoms with Crippen LogP contribution in [0.25, 0.3) is 0 Å². The Bertz CT molecular complexity index is 352. The zero-order valence-corrected chi connectivity index (χ0v) is 7.41. The van der Waals surface area contributed by atoms with Crippen molar-refractivity contribution >= 4 is 5.95 Å². The van der Waals surface area contributed by atoms with Gasteiger partial charge in [-0.25, -0.2) is 9.97 Å². The Morgan fingerprint density at radius 3 is 3.00 bits per heavy atom. The maximum absolute atomic E-state index is 8.50. The van der Waals surface area contributed by atoms with Gasteiger partial charge in [-0.2, -0.15) is 0 Å². The highest BCUT2D eigenvalue weighted by Gasteiger charge is 1.96. The molecule has 3 N–H and O–H groups in total. The minimum Gasteiger partial charge on any atom is -0.395 e. The Morgan fingerprint density at radius 2 is 2.38 bits per heavy atom. The highest BCUT2D eigenvalue weighted by atomic mass is 16.2. The summed E-state index contributed by atoms with van der Waals surface area (Å²) in [7, 11) is 0. The summed E-state index contributed by atoms with van der Waals surface area (Å²) in [6.45, 7) is 1.89. The van der Waals surface area contributed by atoms with Crippen molar-refractivity contribution in [3.05, 3.63) is 17.5 Å². The van der Waals surface area contributed by atoms with Crippen LogP contribution in [0.5, 0.6) is 0 Å². The lowest BCUT2D eigenvalue weighted by Crippen LogP contribution is -1.98. The van der Waals surface area contributed by atoms with Crippen molar-refractivity contribution in [3.63, 3.8) is 0 Å². The van der Waals surface area contributed by atoms with Crippen molar-refractivity contribution in [2.75, 3.05) is 12.3 Å². The molecule has 0 amide bonds. The minimum absolute atomic E-state index is 0.0713. The highest BCUT2D eigenvalue weighted by Crippen LogP contribution is 2.02. The first kappa shape index (κ1) is 9.49. The van der Waals surface area contributed by atoms with Gasteiger partial charge in [0.2, 0.25) is 5.95 Å². The lowest BCUT2D eigenvalue weighted by atomic mass is 10.2. The molecule has 0 saturated heterocycles. The maximum Gasteiger partial charge on any atom is 0.220 e. The first-order valence-electron chi connectivity index (χ1n) is 3.93. The molecule has 1 aromatic heterocycles. The third kappa shape index (κ3) is 2.73. The number of nitrogens with two attached hydrogens (primary N) is 1. The Hall–Kier alpha value is -1.60. The van der Waals surface area contributed by atoms with Crippen LogP contribution in [0.4, 0.5) is 5.95 Å². The van der Waals surface area contributed by atoms with E-state index in [4.69, 9.17) is 10.8 Å². The second-order valence-electron chi connectivity index (χ2n) is 2.50. The van der Waals surface area contributed by atoms with E-state index in [9.17, 15) is 0 Å². The van der Waals surface area contributed by atoms with Gasteiger partial charge in [-0.05, 0) is 6.92 Å². The van der Waals surface area contributed by atoms with Crippen molar-refractivity contribution in [1.82, 2.24) is 9.97 Å². The Balaban J connectivity index is 2.85. The molecule has 0 radical (unpaired) electrons. The second kappa shape index (κ2) is 4.43. The molecule has 0 bridgehead atoms. The number of aliphatic hydroxyl groups excluding tert-OH is 1. The van der Waals surface area contributed by atoms with Crippen LogP contribution in [-0.4, -0.2) is 21.7 Å². The highest BCUT2D eigenvalue weighted by molar-refractivity contribution is 5.37. The molecule has 13 heavy (non-hydrogen) atoms. The van der Waals surface area contributed by atoms with Crippen LogP contribution in [0.15, 0.2) is 6.20 Å². The van der Waals surface area contributed by atoms with E-state index in [1.54, 1.807) is 6.20 Å². The number of hydrogen-bond donors (Lipinski definition) is 2. The second-order valence-corrected chi connectivity index (χ2v) is 2.50. The van der Waals surface area contributed by atoms with Gasteiger partial charge >= 0.3 is 0 Å². The predicted molar refractivity (Wildman–Crippen MR) is 49.8 cm³/mol. The van der Waals surface area contributed by atoms with Crippen molar-refractivity contribution in [2.24, 2.45) is 0 Å². The molecular formula is C9H11N3O. The van der Waals surface area contributed by atoms with Crippen LogP contribution in [0.3, 0.4) is 0 Å². The Labute approximate surface area is 76.8 Å². The number of aromatic nitrogens is 2. The topological polar surface area (TPSA) is 72.0 Å². The smallest absolute Gasteiger partial charge is 0.220 e. The van der Waals surface area contributed by atoms with Gasteiger partial charge in [0, 0.05) is 12.6 Å². The van der Waals surface area contributed by atoms with E-state index in [1.807, 2.05) is 6.92 Å². The minimum atomic E-state index is 0.0713. The van der Waals surface area contributed by atoms with E-state index < -0.39 is 0 Å². The van der Waals surface area contributed by atoms with E-state index in [1.165, 1.54) is 0 Å². The molecule has 1 aromatic rings. The van der Waals surface area contributed by atoms with Crippen molar-refractivity contribution in [2.45, 2.75) is 13.3 Å². The summed E-state index contributed by atoms with van der Waals surface area (Å²) in [6, 6.07) is 0. The third-order valence-electron chi connectivity index (χ3n) is 1.46. The van der Waals surface area contributed by atoms with Crippen LogP contribution >= 0.6 is 0 Å². The first-order chi connectivity index (χ1) is 6.24. The molecule has 0 aromatic carbocycles. The largest absolute Gasteiger partial charge is 0.395 e. The summed E-state index contributed by atoms with van der Waals surface area (Å²) >= 11 is 0. The van der Waals surface area contributed by atoms with Crippen LogP contribution < -0.4 is 5.73 Å². The molecule has 68 valence electrons. The van der Waals surface area contributed by atoms with Crippen LogP contribution in [0.2, 0.25) is 0 Å². The summed E-state index contributed by atoms with van der Waals surface area (Å²) in [6.07, 6.45) is 2.05. The fourth-order valence-corrected chi connectivity index (χ4v) is 0.821. The van der Waals surface area contributed by atoms with Gasteiger partial charge in [-0.1, -0.05) is 11.8 Å². The molecule has 1 heterocycles. The van der Waals surface area contributed by atoms with Gasteiger partial charge < -0.3 is 10.8 Å². The zero-order valence-electron chi connectivity index (χ0n) is 7.41. The molecule has 0 unspecified atom stereocenters. The van der Waals surface area contributed by atoms with Crippen LogP contribution in [-0.2, 0) is 0 Å². The van der Waals surface area contributed by atoms with E-state index in [-0.39, 0.29) is 12.6 Å². The number of aliphatic hydroxyl groups is 1. The average molecular weight is 177 g/mol. The molecule has 0 aliphatic rings. The van der Waals surface area contributed by atoms with Crippen LogP contribution in [0.1, 0.15) is 17.7 Å². The number of nitrogen functional groups attached to an aromatic ring is 1. The SMILES string of the molecule is Cc1nc(N)ncc1C#CCCO. The summed E-state index contributed by atoms with van der Waals surface area (Å²) in [5.74, 6) is 5.90.